The highest BCUT2D eigenvalue weighted by Crippen LogP contribution is 2.18. The van der Waals surface area contributed by atoms with E-state index in [2.05, 4.69) is 37.3 Å². The number of hydrogen-bond acceptors (Lipinski definition) is 1. The molecule has 0 saturated heterocycles. The van der Waals surface area contributed by atoms with E-state index in [-0.39, 0.29) is 11.5 Å². The summed E-state index contributed by atoms with van der Waals surface area (Å²) in [6, 6.07) is -0.0287. The molecule has 0 aromatic heterocycles. The summed E-state index contributed by atoms with van der Waals surface area (Å²) in [5, 5.41) is 6.72. The Kier molecular flexibility index (Phi) is 4.79. The Hall–Kier alpha value is -0.750. The molecule has 0 fully saturated rings. The van der Waals surface area contributed by atoms with E-state index in [1.807, 2.05) is 6.92 Å². The van der Waals surface area contributed by atoms with Gasteiger partial charge in [-0.25, -0.2) is 0 Å². The first kappa shape index (κ1) is 12.2. The van der Waals surface area contributed by atoms with Crippen LogP contribution in [-0.2, 0) is 0 Å². The van der Waals surface area contributed by atoms with Crippen molar-refractivity contribution in [3.05, 3.63) is 0 Å². The second kappa shape index (κ2) is 5.08. The fourth-order valence-corrected chi connectivity index (χ4v) is 1.11. The summed E-state index contributed by atoms with van der Waals surface area (Å²) in [6.45, 7) is 9.06. The monoisotopic (exact) mass is 198 g/mol. The first-order valence-electron chi connectivity index (χ1n) is 4.42. The number of nitrogens with one attached hydrogen (secondary N) is 2. The molecule has 0 aliphatic carbocycles. The second-order valence-electron chi connectivity index (χ2n) is 3.97. The fraction of sp³-hybridized carbons (Fsp3) is 0.700. The smallest absolute Gasteiger partial charge is 0.167 e. The van der Waals surface area contributed by atoms with Crippen LogP contribution >= 0.6 is 12.2 Å². The topological polar surface area (TPSA) is 24.1 Å². The van der Waals surface area contributed by atoms with Gasteiger partial charge in [-0.15, -0.1) is 6.42 Å². The molecule has 0 amide bonds. The third kappa shape index (κ3) is 4.74. The Morgan fingerprint density at radius 2 is 2.08 bits per heavy atom. The summed E-state index contributed by atoms with van der Waals surface area (Å²) in [5.74, 6) is 2.69. The molecule has 0 aliphatic heterocycles. The lowest BCUT2D eigenvalue weighted by Gasteiger charge is -2.28. The van der Waals surface area contributed by atoms with Gasteiger partial charge in [0.05, 0.1) is 6.04 Å². The Morgan fingerprint density at radius 1 is 1.54 bits per heavy atom. The minimum Gasteiger partial charge on any atom is -0.363 e. The van der Waals surface area contributed by atoms with Crippen LogP contribution in [-0.4, -0.2) is 17.7 Å². The normalized spacial score (nSPS) is 12.8. The van der Waals surface area contributed by atoms with Crippen molar-refractivity contribution < 1.29 is 0 Å². The van der Waals surface area contributed by atoms with Crippen molar-refractivity contribution in [1.82, 2.24) is 10.6 Å². The molecule has 0 bridgehead atoms. The van der Waals surface area contributed by atoms with Gasteiger partial charge in [0.2, 0.25) is 0 Å². The molecular weight excluding hydrogens is 180 g/mol. The van der Waals surface area contributed by atoms with Gasteiger partial charge < -0.3 is 10.6 Å². The van der Waals surface area contributed by atoms with Crippen LogP contribution in [0.5, 0.6) is 0 Å². The predicted molar refractivity (Wildman–Crippen MR) is 61.5 cm³/mol. The predicted octanol–water partition coefficient (Wildman–Crippen LogP) is 1.52. The average Bonchev–Trinajstić information content (AvgIpc) is 1.98. The fourth-order valence-electron chi connectivity index (χ4n) is 0.851. The van der Waals surface area contributed by atoms with Crippen LogP contribution in [0.25, 0.3) is 0 Å². The average molecular weight is 198 g/mol. The number of thiocarbonyl (C=S) groups is 1. The molecule has 0 radical (unpaired) electrons. The quantitative estimate of drug-likeness (QED) is 0.519. The lowest BCUT2D eigenvalue weighted by Crippen LogP contribution is -2.47. The minimum absolute atomic E-state index is 0.0221. The molecule has 1 atom stereocenters. The highest BCUT2D eigenvalue weighted by Gasteiger charge is 2.22. The minimum atomic E-state index is -0.0287. The van der Waals surface area contributed by atoms with E-state index in [1.54, 1.807) is 0 Å². The van der Waals surface area contributed by atoms with E-state index in [0.29, 0.717) is 5.11 Å². The van der Waals surface area contributed by atoms with E-state index in [4.69, 9.17) is 18.6 Å². The van der Waals surface area contributed by atoms with Gasteiger partial charge in [-0.1, -0.05) is 26.7 Å². The van der Waals surface area contributed by atoms with Crippen molar-refractivity contribution in [1.29, 1.82) is 0 Å². The van der Waals surface area contributed by atoms with Gasteiger partial charge in [0, 0.05) is 6.54 Å². The Bertz CT molecular complexity index is 210. The van der Waals surface area contributed by atoms with Gasteiger partial charge in [0.25, 0.3) is 0 Å². The maximum atomic E-state index is 5.40. The van der Waals surface area contributed by atoms with Crippen molar-refractivity contribution in [3.8, 4) is 12.3 Å². The van der Waals surface area contributed by atoms with Crippen LogP contribution in [0.1, 0.15) is 27.7 Å². The Balaban J connectivity index is 4.17. The number of terminal acetylenes is 1. The Labute approximate surface area is 86.5 Å². The van der Waals surface area contributed by atoms with Gasteiger partial charge in [0.1, 0.15) is 0 Å². The van der Waals surface area contributed by atoms with Crippen LogP contribution in [0.2, 0.25) is 0 Å². The summed E-state index contributed by atoms with van der Waals surface area (Å²) >= 11 is 5.05. The van der Waals surface area contributed by atoms with Crippen molar-refractivity contribution in [2.45, 2.75) is 33.7 Å². The first-order valence-corrected chi connectivity index (χ1v) is 4.83. The van der Waals surface area contributed by atoms with E-state index >= 15 is 0 Å². The second-order valence-corrected chi connectivity index (χ2v) is 4.38. The lowest BCUT2D eigenvalue weighted by molar-refractivity contribution is 0.351. The molecular formula is C10H18N2S. The zero-order valence-corrected chi connectivity index (χ0v) is 9.59. The van der Waals surface area contributed by atoms with Crippen LogP contribution < -0.4 is 10.6 Å². The molecule has 0 aromatic carbocycles. The molecule has 3 heteroatoms. The third-order valence-corrected chi connectivity index (χ3v) is 1.91. The van der Waals surface area contributed by atoms with Crippen LogP contribution in [0.15, 0.2) is 0 Å². The third-order valence-electron chi connectivity index (χ3n) is 1.65. The summed E-state index contributed by atoms with van der Waals surface area (Å²) in [6.07, 6.45) is 5.40. The molecule has 2 nitrogen and oxygen atoms in total. The van der Waals surface area contributed by atoms with Crippen molar-refractivity contribution >= 4 is 17.3 Å². The van der Waals surface area contributed by atoms with Gasteiger partial charge in [0.15, 0.2) is 5.11 Å². The standard InChI is InChI=1S/C10H18N2S/c1-6-8(10(3,4)5)12-9(13)11-7-2/h1,8H,7H2,2-5H3,(H2,11,12,13). The van der Waals surface area contributed by atoms with Gasteiger partial charge in [-0.05, 0) is 24.6 Å². The van der Waals surface area contributed by atoms with Gasteiger partial charge >= 0.3 is 0 Å². The van der Waals surface area contributed by atoms with E-state index in [1.165, 1.54) is 0 Å². The number of rotatable bonds is 2. The largest absolute Gasteiger partial charge is 0.363 e. The molecule has 2 N–H and O–H groups in total. The molecule has 13 heavy (non-hydrogen) atoms. The van der Waals surface area contributed by atoms with Crippen molar-refractivity contribution in [2.75, 3.05) is 6.54 Å². The van der Waals surface area contributed by atoms with Gasteiger partial charge in [-0.3, -0.25) is 0 Å². The summed E-state index contributed by atoms with van der Waals surface area (Å²) < 4.78 is 0. The maximum Gasteiger partial charge on any atom is 0.167 e. The zero-order chi connectivity index (χ0) is 10.5. The zero-order valence-electron chi connectivity index (χ0n) is 8.77. The summed E-state index contributed by atoms with van der Waals surface area (Å²) in [5.41, 5.74) is 0.0221. The van der Waals surface area contributed by atoms with Crippen molar-refractivity contribution in [3.63, 3.8) is 0 Å². The highest BCUT2D eigenvalue weighted by molar-refractivity contribution is 7.80. The molecule has 0 spiro atoms. The van der Waals surface area contributed by atoms with Crippen molar-refractivity contribution in [2.24, 2.45) is 5.41 Å². The molecule has 0 aliphatic rings. The molecule has 74 valence electrons. The molecule has 0 saturated carbocycles. The van der Waals surface area contributed by atoms with Crippen LogP contribution in [0, 0.1) is 17.8 Å². The molecule has 0 aromatic rings. The van der Waals surface area contributed by atoms with Crippen LogP contribution in [0.4, 0.5) is 0 Å². The molecule has 0 heterocycles. The van der Waals surface area contributed by atoms with E-state index in [9.17, 15) is 0 Å². The molecule has 1 unspecified atom stereocenters. The van der Waals surface area contributed by atoms with E-state index in [0.717, 1.165) is 6.54 Å². The van der Waals surface area contributed by atoms with E-state index < -0.39 is 0 Å². The lowest BCUT2D eigenvalue weighted by atomic mass is 9.87. The highest BCUT2D eigenvalue weighted by atomic mass is 32.1. The SMILES string of the molecule is C#CC(NC(=S)NCC)C(C)(C)C. The molecule has 0 rings (SSSR count). The van der Waals surface area contributed by atoms with Gasteiger partial charge in [-0.2, -0.15) is 0 Å². The van der Waals surface area contributed by atoms with Crippen LogP contribution in [0.3, 0.4) is 0 Å². The first-order chi connectivity index (χ1) is 5.91. The maximum absolute atomic E-state index is 5.40. The Morgan fingerprint density at radius 3 is 2.38 bits per heavy atom. The summed E-state index contributed by atoms with van der Waals surface area (Å²) in [7, 11) is 0. The number of hydrogen-bond donors (Lipinski definition) is 2. The summed E-state index contributed by atoms with van der Waals surface area (Å²) in [4.78, 5) is 0.